The molecule has 0 aliphatic heterocycles. The van der Waals surface area contributed by atoms with E-state index in [1.54, 1.807) is 11.3 Å². The van der Waals surface area contributed by atoms with E-state index in [2.05, 4.69) is 11.1 Å². The molecule has 0 aliphatic carbocycles. The lowest BCUT2D eigenvalue weighted by Crippen LogP contribution is -1.98. The molecule has 1 heterocycles. The van der Waals surface area contributed by atoms with Crippen molar-refractivity contribution >= 4 is 21.6 Å². The van der Waals surface area contributed by atoms with E-state index in [9.17, 15) is 5.11 Å². The van der Waals surface area contributed by atoms with Crippen LogP contribution < -0.4 is 4.74 Å². The Hall–Kier alpha value is -1.91. The molecule has 2 aromatic carbocycles. The molecular weight excluding hydrogens is 258 g/mol. The molecule has 0 atom stereocenters. The van der Waals surface area contributed by atoms with Gasteiger partial charge in [-0.05, 0) is 18.2 Å². The fourth-order valence-corrected chi connectivity index (χ4v) is 2.78. The molecule has 0 bridgehead atoms. The van der Waals surface area contributed by atoms with Gasteiger partial charge < -0.3 is 9.84 Å². The molecule has 0 amide bonds. The van der Waals surface area contributed by atoms with E-state index in [1.807, 2.05) is 42.5 Å². The summed E-state index contributed by atoms with van der Waals surface area (Å²) in [6.45, 7) is 0.409. The Balaban J connectivity index is 1.78. The third kappa shape index (κ3) is 2.59. The van der Waals surface area contributed by atoms with Crippen molar-refractivity contribution in [2.45, 2.75) is 13.2 Å². The van der Waals surface area contributed by atoms with E-state index in [0.717, 1.165) is 20.8 Å². The summed E-state index contributed by atoms with van der Waals surface area (Å²) in [7, 11) is 0. The molecule has 3 rings (SSSR count). The first-order chi connectivity index (χ1) is 9.36. The quantitative estimate of drug-likeness (QED) is 0.791. The van der Waals surface area contributed by atoms with E-state index in [0.29, 0.717) is 12.4 Å². The Morgan fingerprint density at radius 1 is 1.05 bits per heavy atom. The van der Waals surface area contributed by atoms with Gasteiger partial charge in [0.25, 0.3) is 0 Å². The summed E-state index contributed by atoms with van der Waals surface area (Å²) in [6.07, 6.45) is 0. The highest BCUT2D eigenvalue weighted by Gasteiger charge is 2.06. The smallest absolute Gasteiger partial charge is 0.140 e. The first kappa shape index (κ1) is 12.1. The Kier molecular flexibility index (Phi) is 3.44. The molecule has 0 unspecified atom stereocenters. The summed E-state index contributed by atoms with van der Waals surface area (Å²) in [5.74, 6) is 0.712. The highest BCUT2D eigenvalue weighted by atomic mass is 32.1. The number of para-hydroxylation sites is 2. The second kappa shape index (κ2) is 5.38. The lowest BCUT2D eigenvalue weighted by Gasteiger charge is -2.07. The first-order valence-electron chi connectivity index (χ1n) is 6.03. The molecule has 4 heteroatoms. The summed E-state index contributed by atoms with van der Waals surface area (Å²) in [4.78, 5) is 4.51. The van der Waals surface area contributed by atoms with Crippen molar-refractivity contribution in [3.63, 3.8) is 0 Å². The summed E-state index contributed by atoms with van der Waals surface area (Å²) in [6, 6.07) is 15.5. The monoisotopic (exact) mass is 271 g/mol. The number of fused-ring (bicyclic) bond motifs is 1. The third-order valence-corrected chi connectivity index (χ3v) is 3.84. The molecule has 0 aliphatic rings. The summed E-state index contributed by atoms with van der Waals surface area (Å²) >= 11 is 1.63. The highest BCUT2D eigenvalue weighted by Crippen LogP contribution is 2.24. The lowest BCUT2D eigenvalue weighted by atomic mass is 10.2. The van der Waals surface area contributed by atoms with Crippen LogP contribution in [0.25, 0.3) is 10.2 Å². The first-order valence-corrected chi connectivity index (χ1v) is 6.84. The molecule has 0 spiro atoms. The number of thiazole rings is 1. The number of ether oxygens (including phenoxy) is 1. The van der Waals surface area contributed by atoms with Gasteiger partial charge in [0.05, 0.1) is 16.8 Å². The average Bonchev–Trinajstić information content (AvgIpc) is 2.88. The molecule has 1 N–H and O–H groups in total. The Morgan fingerprint density at radius 3 is 2.68 bits per heavy atom. The van der Waals surface area contributed by atoms with Crippen LogP contribution in [-0.4, -0.2) is 10.1 Å². The van der Waals surface area contributed by atoms with Crippen molar-refractivity contribution in [3.8, 4) is 5.75 Å². The van der Waals surface area contributed by atoms with Crippen LogP contribution in [0.3, 0.4) is 0 Å². The van der Waals surface area contributed by atoms with Gasteiger partial charge in [-0.2, -0.15) is 0 Å². The Bertz CT molecular complexity index is 660. The number of aliphatic hydroxyl groups is 1. The van der Waals surface area contributed by atoms with Crippen LogP contribution in [0.5, 0.6) is 5.75 Å². The minimum absolute atomic E-state index is 0.0178. The SMILES string of the molecule is OCc1ccccc1OCc1nc2ccccc2s1. The van der Waals surface area contributed by atoms with Gasteiger partial charge in [0, 0.05) is 5.56 Å². The van der Waals surface area contributed by atoms with Gasteiger partial charge >= 0.3 is 0 Å². The molecule has 19 heavy (non-hydrogen) atoms. The zero-order valence-electron chi connectivity index (χ0n) is 10.2. The van der Waals surface area contributed by atoms with E-state index < -0.39 is 0 Å². The van der Waals surface area contributed by atoms with Gasteiger partial charge in [-0.3, -0.25) is 0 Å². The summed E-state index contributed by atoms with van der Waals surface area (Å²) < 4.78 is 6.90. The molecule has 3 nitrogen and oxygen atoms in total. The predicted octanol–water partition coefficient (Wildman–Crippen LogP) is 3.37. The summed E-state index contributed by atoms with van der Waals surface area (Å²) in [5, 5.41) is 10.2. The van der Waals surface area contributed by atoms with Crippen molar-refractivity contribution in [2.24, 2.45) is 0 Å². The number of aromatic nitrogens is 1. The average molecular weight is 271 g/mol. The molecular formula is C15H13NO2S. The number of nitrogens with zero attached hydrogens (tertiary/aromatic N) is 1. The van der Waals surface area contributed by atoms with Gasteiger partial charge in [0.15, 0.2) is 0 Å². The molecule has 0 radical (unpaired) electrons. The minimum Gasteiger partial charge on any atom is -0.486 e. The number of hydrogen-bond donors (Lipinski definition) is 1. The van der Waals surface area contributed by atoms with E-state index >= 15 is 0 Å². The van der Waals surface area contributed by atoms with Gasteiger partial charge in [-0.25, -0.2) is 4.98 Å². The number of benzene rings is 2. The standard InChI is InChI=1S/C15H13NO2S/c17-9-11-5-1-3-7-13(11)18-10-15-16-12-6-2-4-8-14(12)19-15/h1-8,17H,9-10H2. The Labute approximate surface area is 115 Å². The topological polar surface area (TPSA) is 42.4 Å². The van der Waals surface area contributed by atoms with Crippen LogP contribution in [0, 0.1) is 0 Å². The maximum Gasteiger partial charge on any atom is 0.140 e. The summed E-state index contributed by atoms with van der Waals surface area (Å²) in [5.41, 5.74) is 1.80. The fourth-order valence-electron chi connectivity index (χ4n) is 1.90. The number of rotatable bonds is 4. The molecule has 0 fully saturated rings. The second-order valence-electron chi connectivity index (χ2n) is 4.13. The van der Waals surface area contributed by atoms with Gasteiger partial charge in [-0.15, -0.1) is 11.3 Å². The Morgan fingerprint density at radius 2 is 1.84 bits per heavy atom. The van der Waals surface area contributed by atoms with Crippen LogP contribution in [0.2, 0.25) is 0 Å². The van der Waals surface area contributed by atoms with Gasteiger partial charge in [0.2, 0.25) is 0 Å². The normalized spacial score (nSPS) is 10.8. The van der Waals surface area contributed by atoms with Crippen molar-refractivity contribution in [1.29, 1.82) is 0 Å². The van der Waals surface area contributed by atoms with Crippen molar-refractivity contribution in [3.05, 3.63) is 59.1 Å². The maximum absolute atomic E-state index is 9.24. The largest absolute Gasteiger partial charge is 0.486 e. The molecule has 1 aromatic heterocycles. The third-order valence-electron chi connectivity index (χ3n) is 2.83. The van der Waals surface area contributed by atoms with E-state index in [4.69, 9.17) is 4.74 Å². The van der Waals surface area contributed by atoms with Crippen molar-refractivity contribution in [1.82, 2.24) is 4.98 Å². The zero-order chi connectivity index (χ0) is 13.1. The van der Waals surface area contributed by atoms with Crippen LogP contribution in [0.15, 0.2) is 48.5 Å². The fraction of sp³-hybridized carbons (Fsp3) is 0.133. The molecule has 3 aromatic rings. The van der Waals surface area contributed by atoms with E-state index in [1.165, 1.54) is 0 Å². The number of hydrogen-bond acceptors (Lipinski definition) is 4. The highest BCUT2D eigenvalue weighted by molar-refractivity contribution is 7.18. The lowest BCUT2D eigenvalue weighted by molar-refractivity contribution is 0.259. The minimum atomic E-state index is -0.0178. The number of aliphatic hydroxyl groups excluding tert-OH is 1. The second-order valence-corrected chi connectivity index (χ2v) is 5.25. The molecule has 0 saturated carbocycles. The van der Waals surface area contributed by atoms with Gasteiger partial charge in [-0.1, -0.05) is 30.3 Å². The van der Waals surface area contributed by atoms with Crippen LogP contribution in [0.1, 0.15) is 10.6 Å². The zero-order valence-corrected chi connectivity index (χ0v) is 11.1. The van der Waals surface area contributed by atoms with Crippen molar-refractivity contribution < 1.29 is 9.84 Å². The predicted molar refractivity (Wildman–Crippen MR) is 76.3 cm³/mol. The van der Waals surface area contributed by atoms with Crippen LogP contribution >= 0.6 is 11.3 Å². The molecule has 96 valence electrons. The molecule has 0 saturated heterocycles. The van der Waals surface area contributed by atoms with Crippen molar-refractivity contribution in [2.75, 3.05) is 0 Å². The van der Waals surface area contributed by atoms with Crippen LogP contribution in [0.4, 0.5) is 0 Å². The maximum atomic E-state index is 9.24. The van der Waals surface area contributed by atoms with Gasteiger partial charge in [0.1, 0.15) is 17.4 Å². The van der Waals surface area contributed by atoms with Crippen LogP contribution in [-0.2, 0) is 13.2 Å². The van der Waals surface area contributed by atoms with E-state index in [-0.39, 0.29) is 6.61 Å².